The summed E-state index contributed by atoms with van der Waals surface area (Å²) in [6.07, 6.45) is 7.01. The lowest BCUT2D eigenvalue weighted by Gasteiger charge is -2.09. The van der Waals surface area contributed by atoms with E-state index < -0.39 is 0 Å². The Hall–Kier alpha value is -1.65. The zero-order chi connectivity index (χ0) is 11.2. The number of fused-ring (bicyclic) bond motifs is 1. The van der Waals surface area contributed by atoms with E-state index >= 15 is 0 Å². The Morgan fingerprint density at radius 1 is 1.18 bits per heavy atom. The second kappa shape index (κ2) is 3.42. The molecule has 1 N–H and O–H groups in total. The first-order valence-electron chi connectivity index (χ1n) is 6.32. The van der Waals surface area contributed by atoms with Crippen LogP contribution in [0.4, 0.5) is 0 Å². The van der Waals surface area contributed by atoms with Crippen molar-refractivity contribution in [3.05, 3.63) is 17.1 Å². The molecular weight excluding hydrogens is 216 g/mol. The molecule has 2 aromatic rings. The largest absolute Gasteiger partial charge is 0.339 e. The summed E-state index contributed by atoms with van der Waals surface area (Å²) in [7, 11) is 0. The molecule has 4 rings (SSSR count). The molecule has 0 aliphatic heterocycles. The van der Waals surface area contributed by atoms with E-state index in [0.717, 1.165) is 24.4 Å². The van der Waals surface area contributed by atoms with E-state index in [1.165, 1.54) is 36.9 Å². The van der Waals surface area contributed by atoms with Gasteiger partial charge in [-0.05, 0) is 38.5 Å². The van der Waals surface area contributed by atoms with Crippen LogP contribution in [0, 0.1) is 0 Å². The van der Waals surface area contributed by atoms with Crippen LogP contribution >= 0.6 is 0 Å². The third-order valence-corrected chi connectivity index (χ3v) is 3.64. The van der Waals surface area contributed by atoms with Gasteiger partial charge in [0.15, 0.2) is 0 Å². The second-order valence-electron chi connectivity index (χ2n) is 4.97. The first-order valence-corrected chi connectivity index (χ1v) is 6.32. The number of aromatic nitrogens is 4. The van der Waals surface area contributed by atoms with Crippen molar-refractivity contribution in [2.24, 2.45) is 0 Å². The molecule has 1 fully saturated rings. The van der Waals surface area contributed by atoms with Gasteiger partial charge in [0.05, 0.1) is 0 Å². The highest BCUT2D eigenvalue weighted by Gasteiger charge is 2.31. The summed E-state index contributed by atoms with van der Waals surface area (Å²) in [5.41, 5.74) is 3.44. The first-order chi connectivity index (χ1) is 8.42. The predicted molar refractivity (Wildman–Crippen MR) is 60.5 cm³/mol. The molecule has 5 heteroatoms. The molecule has 0 aromatic carbocycles. The molecule has 0 bridgehead atoms. The lowest BCUT2D eigenvalue weighted by molar-refractivity contribution is 0.380. The zero-order valence-electron chi connectivity index (χ0n) is 9.57. The summed E-state index contributed by atoms with van der Waals surface area (Å²) in [6.45, 7) is 0. The lowest BCUT2D eigenvalue weighted by Crippen LogP contribution is -2.01. The Morgan fingerprint density at radius 3 is 2.94 bits per heavy atom. The monoisotopic (exact) mass is 230 g/mol. The molecule has 0 radical (unpaired) electrons. The molecule has 17 heavy (non-hydrogen) atoms. The Bertz CT molecular complexity index is 553. The SMILES string of the molecule is C1CCc2c(-c3noc(C4CC4)n3)n[nH]c2C1. The molecule has 2 heterocycles. The van der Waals surface area contributed by atoms with E-state index in [0.29, 0.717) is 11.7 Å². The summed E-state index contributed by atoms with van der Waals surface area (Å²) in [6, 6.07) is 0. The van der Waals surface area contributed by atoms with Crippen molar-refractivity contribution in [2.45, 2.75) is 44.4 Å². The van der Waals surface area contributed by atoms with Crippen molar-refractivity contribution < 1.29 is 4.52 Å². The number of hydrogen-bond donors (Lipinski definition) is 1. The molecule has 0 saturated heterocycles. The van der Waals surface area contributed by atoms with Crippen molar-refractivity contribution in [3.8, 4) is 11.5 Å². The third-order valence-electron chi connectivity index (χ3n) is 3.64. The van der Waals surface area contributed by atoms with Crippen molar-refractivity contribution in [3.63, 3.8) is 0 Å². The fraction of sp³-hybridized carbons (Fsp3) is 0.583. The molecule has 0 amide bonds. The molecular formula is C12H14N4O. The fourth-order valence-electron chi connectivity index (χ4n) is 2.49. The van der Waals surface area contributed by atoms with Crippen LogP contribution in [0.1, 0.15) is 48.7 Å². The molecule has 2 aliphatic carbocycles. The van der Waals surface area contributed by atoms with Crippen LogP contribution in [-0.4, -0.2) is 20.3 Å². The minimum Gasteiger partial charge on any atom is -0.339 e. The van der Waals surface area contributed by atoms with Crippen molar-refractivity contribution in [1.29, 1.82) is 0 Å². The van der Waals surface area contributed by atoms with Gasteiger partial charge in [0.1, 0.15) is 5.69 Å². The number of aryl methyl sites for hydroxylation is 1. The Labute approximate surface area is 98.6 Å². The van der Waals surface area contributed by atoms with Crippen LogP contribution < -0.4 is 0 Å². The van der Waals surface area contributed by atoms with Crippen LogP contribution in [0.3, 0.4) is 0 Å². The molecule has 0 atom stereocenters. The maximum Gasteiger partial charge on any atom is 0.230 e. The van der Waals surface area contributed by atoms with Crippen molar-refractivity contribution in [2.75, 3.05) is 0 Å². The number of aromatic amines is 1. The highest BCUT2D eigenvalue weighted by molar-refractivity contribution is 5.56. The Morgan fingerprint density at radius 2 is 2.06 bits per heavy atom. The predicted octanol–water partition coefficient (Wildman–Crippen LogP) is 2.22. The molecule has 2 aromatic heterocycles. The van der Waals surface area contributed by atoms with Crippen LogP contribution in [0.2, 0.25) is 0 Å². The Kier molecular flexibility index (Phi) is 1.89. The van der Waals surface area contributed by atoms with Crippen LogP contribution in [-0.2, 0) is 12.8 Å². The average Bonchev–Trinajstić information content (AvgIpc) is 2.95. The minimum absolute atomic E-state index is 0.506. The maximum absolute atomic E-state index is 5.29. The van der Waals surface area contributed by atoms with Crippen LogP contribution in [0.25, 0.3) is 11.5 Å². The van der Waals surface area contributed by atoms with E-state index in [1.807, 2.05) is 0 Å². The van der Waals surface area contributed by atoms with E-state index in [1.54, 1.807) is 0 Å². The van der Waals surface area contributed by atoms with Gasteiger partial charge in [-0.15, -0.1) is 0 Å². The summed E-state index contributed by atoms with van der Waals surface area (Å²) in [5.74, 6) is 1.95. The van der Waals surface area contributed by atoms with Crippen molar-refractivity contribution >= 4 is 0 Å². The van der Waals surface area contributed by atoms with Crippen molar-refractivity contribution in [1.82, 2.24) is 20.3 Å². The van der Waals surface area contributed by atoms with Gasteiger partial charge in [0.25, 0.3) is 0 Å². The Balaban J connectivity index is 1.74. The molecule has 5 nitrogen and oxygen atoms in total. The van der Waals surface area contributed by atoms with Crippen LogP contribution in [0.15, 0.2) is 4.52 Å². The number of nitrogens with one attached hydrogen (secondary N) is 1. The van der Waals surface area contributed by atoms with E-state index in [9.17, 15) is 0 Å². The van der Waals surface area contributed by atoms with E-state index in [2.05, 4.69) is 20.3 Å². The van der Waals surface area contributed by atoms with Gasteiger partial charge in [-0.3, -0.25) is 5.10 Å². The number of rotatable bonds is 2. The van der Waals surface area contributed by atoms with Gasteiger partial charge < -0.3 is 4.52 Å². The molecule has 88 valence electrons. The standard InChI is InChI=1S/C12H14N4O/c1-2-4-9-8(3-1)10(15-14-9)11-13-12(17-16-11)7-5-6-7/h7H,1-6H2,(H,14,15). The lowest BCUT2D eigenvalue weighted by atomic mass is 9.96. The van der Waals surface area contributed by atoms with Gasteiger partial charge in [-0.2, -0.15) is 10.1 Å². The number of H-pyrrole nitrogens is 1. The fourth-order valence-corrected chi connectivity index (χ4v) is 2.49. The molecule has 0 spiro atoms. The van der Waals surface area contributed by atoms with E-state index in [4.69, 9.17) is 4.52 Å². The summed E-state index contributed by atoms with van der Waals surface area (Å²) >= 11 is 0. The van der Waals surface area contributed by atoms with E-state index in [-0.39, 0.29) is 0 Å². The van der Waals surface area contributed by atoms with Gasteiger partial charge >= 0.3 is 0 Å². The van der Waals surface area contributed by atoms with Gasteiger partial charge in [0.2, 0.25) is 11.7 Å². The quantitative estimate of drug-likeness (QED) is 0.858. The van der Waals surface area contributed by atoms with Gasteiger partial charge in [-0.1, -0.05) is 5.16 Å². The third kappa shape index (κ3) is 1.49. The summed E-state index contributed by atoms with van der Waals surface area (Å²) in [5, 5.41) is 11.5. The zero-order valence-corrected chi connectivity index (χ0v) is 9.57. The summed E-state index contributed by atoms with van der Waals surface area (Å²) < 4.78 is 5.29. The second-order valence-corrected chi connectivity index (χ2v) is 4.97. The normalized spacial score (nSPS) is 19.3. The smallest absolute Gasteiger partial charge is 0.230 e. The molecule has 2 aliphatic rings. The summed E-state index contributed by atoms with van der Waals surface area (Å²) in [4.78, 5) is 4.46. The first kappa shape index (κ1) is 9.39. The van der Waals surface area contributed by atoms with Gasteiger partial charge in [0, 0.05) is 17.2 Å². The van der Waals surface area contributed by atoms with Gasteiger partial charge in [-0.25, -0.2) is 0 Å². The molecule has 1 saturated carbocycles. The minimum atomic E-state index is 0.506. The number of nitrogens with zero attached hydrogens (tertiary/aromatic N) is 3. The highest BCUT2D eigenvalue weighted by Crippen LogP contribution is 2.39. The average molecular weight is 230 g/mol. The highest BCUT2D eigenvalue weighted by atomic mass is 16.5. The topological polar surface area (TPSA) is 67.6 Å². The number of hydrogen-bond acceptors (Lipinski definition) is 4. The molecule has 0 unspecified atom stereocenters. The maximum atomic E-state index is 5.29. The van der Waals surface area contributed by atoms with Crippen LogP contribution in [0.5, 0.6) is 0 Å².